The van der Waals surface area contributed by atoms with Crippen LogP contribution in [0.3, 0.4) is 0 Å². The first-order chi connectivity index (χ1) is 15.4. The molecule has 32 heavy (non-hydrogen) atoms. The predicted octanol–water partition coefficient (Wildman–Crippen LogP) is 2.74. The van der Waals surface area contributed by atoms with Crippen LogP contribution in [0.15, 0.2) is 30.5 Å². The maximum atomic E-state index is 14.7. The van der Waals surface area contributed by atoms with E-state index >= 15 is 0 Å². The van der Waals surface area contributed by atoms with Gasteiger partial charge in [-0.15, -0.1) is 0 Å². The number of benzene rings is 1. The van der Waals surface area contributed by atoms with Gasteiger partial charge in [0.15, 0.2) is 11.6 Å². The fourth-order valence-electron chi connectivity index (χ4n) is 3.98. The number of amides is 1. The number of hydrogen-bond acceptors (Lipinski definition) is 7. The third kappa shape index (κ3) is 4.81. The highest BCUT2D eigenvalue weighted by molar-refractivity contribution is 5.99. The maximum Gasteiger partial charge on any atom is 0.252 e. The lowest BCUT2D eigenvalue weighted by molar-refractivity contribution is 0.100. The Balaban J connectivity index is 1.61. The van der Waals surface area contributed by atoms with E-state index in [1.165, 1.54) is 0 Å². The van der Waals surface area contributed by atoms with Gasteiger partial charge in [0.25, 0.3) is 5.91 Å². The number of primary amides is 1. The molecule has 3 aromatic rings. The molecule has 0 unspecified atom stereocenters. The lowest BCUT2D eigenvalue weighted by Crippen LogP contribution is -2.43. The van der Waals surface area contributed by atoms with E-state index in [2.05, 4.69) is 20.7 Å². The van der Waals surface area contributed by atoms with Crippen LogP contribution in [0.5, 0.6) is 0 Å². The number of nitrogens with zero attached hydrogens (tertiary/aromatic N) is 3. The van der Waals surface area contributed by atoms with Crippen molar-refractivity contribution in [2.45, 2.75) is 44.3 Å². The second kappa shape index (κ2) is 9.49. The Morgan fingerprint density at radius 2 is 2.09 bits per heavy atom. The van der Waals surface area contributed by atoms with Gasteiger partial charge in [-0.05, 0) is 37.1 Å². The Hall–Kier alpha value is -3.24. The van der Waals surface area contributed by atoms with Crippen molar-refractivity contribution in [3.63, 3.8) is 0 Å². The van der Waals surface area contributed by atoms with Crippen molar-refractivity contribution in [2.24, 2.45) is 11.5 Å². The SMILES string of the molecule is COCCn1cc2cc(Nc3nc(N[C@@H]4CCCC[C@@H]4N)c(F)cc3C(N)=O)ccc2n1. The van der Waals surface area contributed by atoms with Gasteiger partial charge in [-0.2, -0.15) is 5.10 Å². The molecule has 2 atom stereocenters. The van der Waals surface area contributed by atoms with Crippen molar-refractivity contribution in [3.8, 4) is 0 Å². The minimum atomic E-state index is -0.770. The highest BCUT2D eigenvalue weighted by Gasteiger charge is 2.24. The molecule has 1 aliphatic rings. The Labute approximate surface area is 185 Å². The van der Waals surface area contributed by atoms with Crippen LogP contribution in [0.2, 0.25) is 0 Å². The van der Waals surface area contributed by atoms with Gasteiger partial charge in [0.05, 0.1) is 24.2 Å². The highest BCUT2D eigenvalue weighted by atomic mass is 19.1. The molecule has 1 aromatic carbocycles. The second-order valence-corrected chi connectivity index (χ2v) is 8.06. The van der Waals surface area contributed by atoms with Gasteiger partial charge >= 0.3 is 0 Å². The molecular formula is C22H28FN7O2. The number of methoxy groups -OCH3 is 1. The molecule has 2 aromatic heterocycles. The number of rotatable bonds is 8. The van der Waals surface area contributed by atoms with E-state index < -0.39 is 11.7 Å². The summed E-state index contributed by atoms with van der Waals surface area (Å²) in [6.07, 6.45) is 5.71. The standard InChI is InChI=1S/C22H28FN7O2/c1-32-9-8-30-12-13-10-14(6-7-18(13)29-30)26-21-15(20(25)31)11-16(23)22(28-21)27-19-5-3-2-4-17(19)24/h6-7,10-12,17,19H,2-5,8-9,24H2,1H3,(H2,25,31)(H2,26,27,28)/t17-,19+/m0/s1. The lowest BCUT2D eigenvalue weighted by atomic mass is 9.91. The van der Waals surface area contributed by atoms with Crippen LogP contribution in [-0.2, 0) is 11.3 Å². The third-order valence-electron chi connectivity index (χ3n) is 5.72. The Kier molecular flexibility index (Phi) is 6.52. The first-order valence-corrected chi connectivity index (χ1v) is 10.7. The summed E-state index contributed by atoms with van der Waals surface area (Å²) in [6, 6.07) is 6.51. The normalized spacial score (nSPS) is 18.6. The fraction of sp³-hybridized carbons (Fsp3) is 0.409. The number of carbonyl (C=O) groups excluding carboxylic acids is 1. The number of hydrogen-bond donors (Lipinski definition) is 4. The number of halogens is 1. The number of nitrogens with one attached hydrogen (secondary N) is 2. The Morgan fingerprint density at radius 3 is 2.84 bits per heavy atom. The van der Waals surface area contributed by atoms with E-state index in [1.54, 1.807) is 11.8 Å². The monoisotopic (exact) mass is 441 g/mol. The minimum absolute atomic E-state index is 0.0307. The van der Waals surface area contributed by atoms with Crippen LogP contribution in [0.4, 0.5) is 21.7 Å². The van der Waals surface area contributed by atoms with Crippen LogP contribution in [0.25, 0.3) is 10.9 Å². The molecule has 6 N–H and O–H groups in total. The van der Waals surface area contributed by atoms with Crippen LogP contribution in [0, 0.1) is 5.82 Å². The number of fused-ring (bicyclic) bond motifs is 1. The fourth-order valence-corrected chi connectivity index (χ4v) is 3.98. The van der Waals surface area contributed by atoms with E-state index in [-0.39, 0.29) is 29.3 Å². The summed E-state index contributed by atoms with van der Waals surface area (Å²) in [4.78, 5) is 16.3. The van der Waals surface area contributed by atoms with Crippen LogP contribution >= 0.6 is 0 Å². The summed E-state index contributed by atoms with van der Waals surface area (Å²) < 4.78 is 21.6. The summed E-state index contributed by atoms with van der Waals surface area (Å²) in [7, 11) is 1.64. The molecule has 10 heteroatoms. The van der Waals surface area contributed by atoms with Gasteiger partial charge in [0.2, 0.25) is 0 Å². The number of anilines is 3. The van der Waals surface area contributed by atoms with E-state index in [4.69, 9.17) is 16.2 Å². The van der Waals surface area contributed by atoms with Gasteiger partial charge in [-0.3, -0.25) is 9.48 Å². The molecule has 4 rings (SSSR count). The predicted molar refractivity (Wildman–Crippen MR) is 121 cm³/mol. The highest BCUT2D eigenvalue weighted by Crippen LogP contribution is 2.28. The molecule has 1 amide bonds. The van der Waals surface area contributed by atoms with Crippen molar-refractivity contribution >= 4 is 34.1 Å². The smallest absolute Gasteiger partial charge is 0.252 e. The summed E-state index contributed by atoms with van der Waals surface area (Å²) in [6.45, 7) is 1.19. The van der Waals surface area contributed by atoms with Gasteiger partial charge in [-0.25, -0.2) is 9.37 Å². The molecule has 1 fully saturated rings. The van der Waals surface area contributed by atoms with Crippen molar-refractivity contribution in [2.75, 3.05) is 24.4 Å². The van der Waals surface area contributed by atoms with Crippen LogP contribution < -0.4 is 22.1 Å². The molecule has 1 aliphatic carbocycles. The quantitative estimate of drug-likeness (QED) is 0.422. The first kappa shape index (κ1) is 22.0. The molecule has 9 nitrogen and oxygen atoms in total. The molecule has 170 valence electrons. The van der Waals surface area contributed by atoms with Crippen molar-refractivity contribution in [1.82, 2.24) is 14.8 Å². The molecule has 2 heterocycles. The molecule has 0 spiro atoms. The largest absolute Gasteiger partial charge is 0.383 e. The van der Waals surface area contributed by atoms with Gasteiger partial charge < -0.3 is 26.8 Å². The number of pyridine rings is 1. The molecular weight excluding hydrogens is 413 g/mol. The topological polar surface area (TPSA) is 133 Å². The zero-order valence-electron chi connectivity index (χ0n) is 18.0. The van der Waals surface area contributed by atoms with Gasteiger partial charge in [0.1, 0.15) is 5.82 Å². The number of aromatic nitrogens is 3. The van der Waals surface area contributed by atoms with Crippen molar-refractivity contribution in [1.29, 1.82) is 0 Å². The number of ether oxygens (including phenoxy) is 1. The summed E-state index contributed by atoms with van der Waals surface area (Å²) in [5.74, 6) is -1.18. The van der Waals surface area contributed by atoms with Gasteiger partial charge in [-0.1, -0.05) is 12.8 Å². The Morgan fingerprint density at radius 1 is 1.28 bits per heavy atom. The van der Waals surface area contributed by atoms with Gasteiger partial charge in [0, 0.05) is 36.5 Å². The van der Waals surface area contributed by atoms with E-state index in [0.717, 1.165) is 42.7 Å². The average Bonchev–Trinajstić information content (AvgIpc) is 3.17. The zero-order chi connectivity index (χ0) is 22.7. The van der Waals surface area contributed by atoms with E-state index in [1.807, 2.05) is 24.4 Å². The average molecular weight is 442 g/mol. The maximum absolute atomic E-state index is 14.7. The van der Waals surface area contributed by atoms with E-state index in [0.29, 0.717) is 18.8 Å². The molecule has 0 saturated heterocycles. The molecule has 0 bridgehead atoms. The summed E-state index contributed by atoms with van der Waals surface area (Å²) in [5.41, 5.74) is 13.1. The van der Waals surface area contributed by atoms with Crippen LogP contribution in [-0.4, -0.2) is 46.5 Å². The third-order valence-corrected chi connectivity index (χ3v) is 5.72. The zero-order valence-corrected chi connectivity index (χ0v) is 18.0. The number of nitrogens with two attached hydrogens (primary N) is 2. The minimum Gasteiger partial charge on any atom is -0.383 e. The van der Waals surface area contributed by atoms with Crippen molar-refractivity contribution in [3.05, 3.63) is 41.8 Å². The first-order valence-electron chi connectivity index (χ1n) is 10.7. The second-order valence-electron chi connectivity index (χ2n) is 8.06. The van der Waals surface area contributed by atoms with Crippen LogP contribution in [0.1, 0.15) is 36.0 Å². The Bertz CT molecular complexity index is 1120. The summed E-state index contributed by atoms with van der Waals surface area (Å²) >= 11 is 0. The number of carbonyl (C=O) groups is 1. The lowest BCUT2D eigenvalue weighted by Gasteiger charge is -2.30. The van der Waals surface area contributed by atoms with E-state index in [9.17, 15) is 9.18 Å². The summed E-state index contributed by atoms with van der Waals surface area (Å²) in [5, 5.41) is 11.6. The molecule has 0 aliphatic heterocycles. The van der Waals surface area contributed by atoms with Crippen molar-refractivity contribution < 1.29 is 13.9 Å². The molecule has 1 saturated carbocycles. The molecule has 0 radical (unpaired) electrons.